The highest BCUT2D eigenvalue weighted by molar-refractivity contribution is 5.87. The molecule has 3 aromatic rings. The number of benzene rings is 1. The normalized spacial score (nSPS) is 16.8. The Hall–Kier alpha value is -3.22. The summed E-state index contributed by atoms with van der Waals surface area (Å²) in [6.07, 6.45) is 4.65. The third-order valence-corrected chi connectivity index (χ3v) is 5.93. The minimum Gasteiger partial charge on any atom is -0.343 e. The molecule has 3 heterocycles. The van der Waals surface area contributed by atoms with Gasteiger partial charge in [-0.2, -0.15) is 0 Å². The van der Waals surface area contributed by atoms with E-state index in [9.17, 15) is 14.4 Å². The van der Waals surface area contributed by atoms with E-state index in [1.165, 1.54) is 0 Å². The average Bonchev–Trinajstić information content (AvgIpc) is 3.09. The third kappa shape index (κ3) is 3.67. The summed E-state index contributed by atoms with van der Waals surface area (Å²) in [6.45, 7) is 5.68. The SMILES string of the molecule is CC(=O)N1CCCC(Cn2c(-c3cc(C)c(=O)n(C)c3)nc3cc(C=O)ccc32)C1. The van der Waals surface area contributed by atoms with Gasteiger partial charge < -0.3 is 14.0 Å². The van der Waals surface area contributed by atoms with Crippen LogP contribution in [0.4, 0.5) is 0 Å². The zero-order chi connectivity index (χ0) is 21.4. The maximum Gasteiger partial charge on any atom is 0.253 e. The second-order valence-corrected chi connectivity index (χ2v) is 8.21. The number of aryl methyl sites for hydroxylation is 2. The van der Waals surface area contributed by atoms with Crippen LogP contribution < -0.4 is 5.56 Å². The summed E-state index contributed by atoms with van der Waals surface area (Å²) in [6, 6.07) is 7.38. The fourth-order valence-electron chi connectivity index (χ4n) is 4.38. The van der Waals surface area contributed by atoms with Crippen LogP contribution >= 0.6 is 0 Å². The summed E-state index contributed by atoms with van der Waals surface area (Å²) in [5, 5.41) is 0. The number of amides is 1. The smallest absolute Gasteiger partial charge is 0.253 e. The molecular weight excluding hydrogens is 380 g/mol. The van der Waals surface area contributed by atoms with Crippen molar-refractivity contribution in [1.82, 2.24) is 19.0 Å². The van der Waals surface area contributed by atoms with Crippen LogP contribution in [0.2, 0.25) is 0 Å². The fourth-order valence-corrected chi connectivity index (χ4v) is 4.38. The first-order valence-corrected chi connectivity index (χ1v) is 10.3. The van der Waals surface area contributed by atoms with Crippen molar-refractivity contribution in [3.8, 4) is 11.4 Å². The van der Waals surface area contributed by atoms with Crippen LogP contribution in [-0.4, -0.2) is 44.3 Å². The Labute approximate surface area is 174 Å². The van der Waals surface area contributed by atoms with E-state index in [1.807, 2.05) is 17.0 Å². The van der Waals surface area contributed by atoms with Crippen LogP contribution in [0.25, 0.3) is 22.4 Å². The van der Waals surface area contributed by atoms with E-state index in [4.69, 9.17) is 4.98 Å². The van der Waals surface area contributed by atoms with Gasteiger partial charge in [0.1, 0.15) is 12.1 Å². The van der Waals surface area contributed by atoms with E-state index in [0.717, 1.165) is 61.2 Å². The molecule has 0 bridgehead atoms. The van der Waals surface area contributed by atoms with Crippen molar-refractivity contribution in [2.75, 3.05) is 13.1 Å². The quantitative estimate of drug-likeness (QED) is 0.624. The summed E-state index contributed by atoms with van der Waals surface area (Å²) < 4.78 is 3.74. The monoisotopic (exact) mass is 406 g/mol. The lowest BCUT2D eigenvalue weighted by molar-refractivity contribution is -0.130. The summed E-state index contributed by atoms with van der Waals surface area (Å²) in [5.74, 6) is 1.20. The molecule has 1 aromatic carbocycles. The number of aromatic nitrogens is 3. The molecule has 0 radical (unpaired) electrons. The number of carbonyl (C=O) groups excluding carboxylic acids is 2. The number of piperidine rings is 1. The molecule has 2 aromatic heterocycles. The van der Waals surface area contributed by atoms with Gasteiger partial charge in [0.05, 0.1) is 11.0 Å². The lowest BCUT2D eigenvalue weighted by atomic mass is 9.97. The summed E-state index contributed by atoms with van der Waals surface area (Å²) in [7, 11) is 1.74. The molecule has 7 heteroatoms. The topological polar surface area (TPSA) is 77.2 Å². The van der Waals surface area contributed by atoms with Crippen molar-refractivity contribution in [2.24, 2.45) is 13.0 Å². The lowest BCUT2D eigenvalue weighted by Gasteiger charge is -2.32. The molecule has 1 aliphatic rings. The van der Waals surface area contributed by atoms with Crippen molar-refractivity contribution in [1.29, 1.82) is 0 Å². The second-order valence-electron chi connectivity index (χ2n) is 8.21. The molecule has 1 fully saturated rings. The molecule has 0 N–H and O–H groups in total. The zero-order valence-electron chi connectivity index (χ0n) is 17.6. The summed E-state index contributed by atoms with van der Waals surface area (Å²) >= 11 is 0. The molecule has 1 atom stereocenters. The number of hydrogen-bond donors (Lipinski definition) is 0. The molecule has 30 heavy (non-hydrogen) atoms. The van der Waals surface area contributed by atoms with Crippen molar-refractivity contribution in [2.45, 2.75) is 33.2 Å². The lowest BCUT2D eigenvalue weighted by Crippen LogP contribution is -2.39. The molecule has 0 saturated carbocycles. The van der Waals surface area contributed by atoms with Gasteiger partial charge in [0.25, 0.3) is 5.56 Å². The molecular formula is C23H26N4O3. The minimum absolute atomic E-state index is 0.0333. The van der Waals surface area contributed by atoms with Gasteiger partial charge in [-0.3, -0.25) is 14.4 Å². The van der Waals surface area contributed by atoms with Gasteiger partial charge in [-0.15, -0.1) is 0 Å². The Morgan fingerprint density at radius 1 is 1.30 bits per heavy atom. The number of carbonyl (C=O) groups is 2. The average molecular weight is 406 g/mol. The molecule has 1 unspecified atom stereocenters. The molecule has 7 nitrogen and oxygen atoms in total. The number of imidazole rings is 1. The Bertz CT molecular complexity index is 1160. The number of rotatable bonds is 4. The van der Waals surface area contributed by atoms with Gasteiger partial charge in [0.2, 0.25) is 5.91 Å². The number of likely N-dealkylation sites (tertiary alicyclic amines) is 1. The van der Waals surface area contributed by atoms with E-state index in [2.05, 4.69) is 4.57 Å². The molecule has 1 amide bonds. The van der Waals surface area contributed by atoms with E-state index in [0.29, 0.717) is 17.0 Å². The molecule has 0 spiro atoms. The minimum atomic E-state index is -0.0333. The number of nitrogens with zero attached hydrogens (tertiary/aromatic N) is 4. The van der Waals surface area contributed by atoms with Crippen LogP contribution in [0.3, 0.4) is 0 Å². The molecule has 0 aliphatic carbocycles. The largest absolute Gasteiger partial charge is 0.343 e. The summed E-state index contributed by atoms with van der Waals surface area (Å²) in [4.78, 5) is 42.0. The van der Waals surface area contributed by atoms with Gasteiger partial charge >= 0.3 is 0 Å². The Morgan fingerprint density at radius 2 is 2.10 bits per heavy atom. The van der Waals surface area contributed by atoms with Crippen LogP contribution in [0.15, 0.2) is 35.3 Å². The van der Waals surface area contributed by atoms with E-state index < -0.39 is 0 Å². The zero-order valence-corrected chi connectivity index (χ0v) is 17.6. The maximum absolute atomic E-state index is 12.2. The van der Waals surface area contributed by atoms with Gasteiger partial charge in [-0.05, 0) is 49.9 Å². The van der Waals surface area contributed by atoms with E-state index in [1.54, 1.807) is 43.8 Å². The van der Waals surface area contributed by atoms with Crippen molar-refractivity contribution >= 4 is 23.2 Å². The highest BCUT2D eigenvalue weighted by atomic mass is 16.2. The third-order valence-electron chi connectivity index (χ3n) is 5.93. The van der Waals surface area contributed by atoms with Crippen molar-refractivity contribution in [3.05, 3.63) is 51.9 Å². The Kier molecular flexibility index (Phi) is 5.28. The highest BCUT2D eigenvalue weighted by Crippen LogP contribution is 2.28. The molecule has 4 rings (SSSR count). The Morgan fingerprint density at radius 3 is 2.80 bits per heavy atom. The van der Waals surface area contributed by atoms with Crippen molar-refractivity contribution in [3.63, 3.8) is 0 Å². The predicted molar refractivity (Wildman–Crippen MR) is 116 cm³/mol. The Balaban J connectivity index is 1.82. The van der Waals surface area contributed by atoms with Crippen LogP contribution in [0.5, 0.6) is 0 Å². The predicted octanol–water partition coefficient (Wildman–Crippen LogP) is 2.78. The van der Waals surface area contributed by atoms with Gasteiger partial charge in [0.15, 0.2) is 0 Å². The first-order valence-electron chi connectivity index (χ1n) is 10.3. The number of aldehydes is 1. The first-order chi connectivity index (χ1) is 14.4. The standard InChI is InChI=1S/C23H26N4O3/c1-15-9-19(13-25(3)23(15)30)22-24-20-10-17(14-28)6-7-21(20)27(22)12-18-5-4-8-26(11-18)16(2)29/h6-7,9-10,13-14,18H,4-5,8,11-12H2,1-3H3. The van der Waals surface area contributed by atoms with Gasteiger partial charge in [-0.25, -0.2) is 4.98 Å². The molecule has 1 saturated heterocycles. The van der Waals surface area contributed by atoms with Crippen LogP contribution in [0.1, 0.15) is 35.7 Å². The van der Waals surface area contributed by atoms with Crippen LogP contribution in [0, 0.1) is 12.8 Å². The highest BCUT2D eigenvalue weighted by Gasteiger charge is 2.24. The van der Waals surface area contributed by atoms with E-state index in [-0.39, 0.29) is 11.5 Å². The number of pyridine rings is 1. The summed E-state index contributed by atoms with van der Waals surface area (Å²) in [5.41, 5.74) is 3.76. The molecule has 1 aliphatic heterocycles. The fraction of sp³-hybridized carbons (Fsp3) is 0.391. The maximum atomic E-state index is 12.2. The number of fused-ring (bicyclic) bond motifs is 1. The van der Waals surface area contributed by atoms with Crippen LogP contribution in [-0.2, 0) is 18.4 Å². The van der Waals surface area contributed by atoms with E-state index >= 15 is 0 Å². The van der Waals surface area contributed by atoms with Gasteiger partial charge in [-0.1, -0.05) is 0 Å². The van der Waals surface area contributed by atoms with Gasteiger partial charge in [0, 0.05) is 56.5 Å². The second kappa shape index (κ2) is 7.89. The molecule has 156 valence electrons. The first kappa shape index (κ1) is 20.1. The van der Waals surface area contributed by atoms with Crippen molar-refractivity contribution < 1.29 is 9.59 Å². The number of hydrogen-bond acceptors (Lipinski definition) is 4.